The van der Waals surface area contributed by atoms with Crippen molar-refractivity contribution in [3.63, 3.8) is 0 Å². The fraction of sp³-hybridized carbons (Fsp3) is 0.647. The van der Waals surface area contributed by atoms with Gasteiger partial charge in [-0.2, -0.15) is 0 Å². The van der Waals surface area contributed by atoms with Gasteiger partial charge in [0.25, 0.3) is 0 Å². The van der Waals surface area contributed by atoms with Gasteiger partial charge in [0.1, 0.15) is 5.75 Å². The topological polar surface area (TPSA) is 27.7 Å². The Labute approximate surface area is 129 Å². The van der Waals surface area contributed by atoms with Crippen LogP contribution in [0.3, 0.4) is 0 Å². The summed E-state index contributed by atoms with van der Waals surface area (Å²) in [5, 5.41) is 3.33. The van der Waals surface area contributed by atoms with E-state index in [1.807, 2.05) is 19.2 Å². The van der Waals surface area contributed by atoms with Crippen molar-refractivity contribution < 1.29 is 4.74 Å². The van der Waals surface area contributed by atoms with E-state index in [9.17, 15) is 0 Å². The zero-order valence-electron chi connectivity index (χ0n) is 13.8. The van der Waals surface area contributed by atoms with Gasteiger partial charge in [0.05, 0.1) is 12.8 Å². The molecular weight excluding hydrogens is 262 g/mol. The van der Waals surface area contributed by atoms with E-state index in [4.69, 9.17) is 4.74 Å². The maximum atomic E-state index is 5.48. The highest BCUT2D eigenvalue weighted by molar-refractivity contribution is 5.58. The van der Waals surface area contributed by atoms with Crippen LogP contribution in [0.4, 0.5) is 5.69 Å². The van der Waals surface area contributed by atoms with Crippen molar-refractivity contribution >= 4 is 5.69 Å². The lowest BCUT2D eigenvalue weighted by Gasteiger charge is -2.40. The predicted octanol–water partition coefficient (Wildman–Crippen LogP) is 2.20. The Bertz CT molecular complexity index is 430. The van der Waals surface area contributed by atoms with Gasteiger partial charge in [-0.1, -0.05) is 12.1 Å². The monoisotopic (exact) mass is 291 g/mol. The minimum absolute atomic E-state index is 0.576. The van der Waals surface area contributed by atoms with Crippen molar-refractivity contribution in [1.29, 1.82) is 0 Å². The maximum Gasteiger partial charge on any atom is 0.142 e. The zero-order chi connectivity index (χ0) is 15.2. The molecule has 1 aromatic carbocycles. The molecule has 0 aliphatic carbocycles. The summed E-state index contributed by atoms with van der Waals surface area (Å²) in [6.07, 6.45) is 1.20. The molecule has 1 fully saturated rings. The van der Waals surface area contributed by atoms with E-state index in [1.165, 1.54) is 12.1 Å². The number of methoxy groups -OCH3 is 1. The Morgan fingerprint density at radius 3 is 2.43 bits per heavy atom. The zero-order valence-corrected chi connectivity index (χ0v) is 13.8. The molecule has 0 aromatic heterocycles. The number of ether oxygens (including phenoxy) is 1. The van der Waals surface area contributed by atoms with E-state index < -0.39 is 0 Å². The van der Waals surface area contributed by atoms with Gasteiger partial charge in [-0.25, -0.2) is 0 Å². The van der Waals surface area contributed by atoms with Crippen LogP contribution in [0.2, 0.25) is 0 Å². The summed E-state index contributed by atoms with van der Waals surface area (Å²) < 4.78 is 5.48. The highest BCUT2D eigenvalue weighted by atomic mass is 16.5. The summed E-state index contributed by atoms with van der Waals surface area (Å²) >= 11 is 0. The molecule has 4 nitrogen and oxygen atoms in total. The van der Waals surface area contributed by atoms with E-state index >= 15 is 0 Å². The summed E-state index contributed by atoms with van der Waals surface area (Å²) in [6.45, 7) is 8.97. The van der Waals surface area contributed by atoms with E-state index in [-0.39, 0.29) is 0 Å². The molecule has 4 heteroatoms. The summed E-state index contributed by atoms with van der Waals surface area (Å²) in [4.78, 5) is 5.03. The SMILES string of the molecule is CNC(C)CC(C)N1CCN(c2ccccc2OC)CC1. The van der Waals surface area contributed by atoms with Crippen molar-refractivity contribution in [3.8, 4) is 5.75 Å². The number of rotatable bonds is 6. The first kappa shape index (κ1) is 16.1. The van der Waals surface area contributed by atoms with Crippen LogP contribution in [0.1, 0.15) is 20.3 Å². The van der Waals surface area contributed by atoms with Crippen molar-refractivity contribution in [2.24, 2.45) is 0 Å². The van der Waals surface area contributed by atoms with Gasteiger partial charge >= 0.3 is 0 Å². The Kier molecular flexibility index (Phi) is 5.88. The molecule has 0 spiro atoms. The van der Waals surface area contributed by atoms with E-state index in [0.717, 1.165) is 31.9 Å². The first-order valence-corrected chi connectivity index (χ1v) is 7.95. The third-order valence-electron chi connectivity index (χ3n) is 4.55. The second-order valence-corrected chi connectivity index (χ2v) is 5.97. The van der Waals surface area contributed by atoms with Crippen LogP contribution in [0.5, 0.6) is 5.75 Å². The molecule has 0 bridgehead atoms. The molecule has 0 saturated carbocycles. The number of benzene rings is 1. The fourth-order valence-corrected chi connectivity index (χ4v) is 3.07. The first-order chi connectivity index (χ1) is 10.2. The van der Waals surface area contributed by atoms with Crippen molar-refractivity contribution in [2.75, 3.05) is 45.2 Å². The first-order valence-electron chi connectivity index (χ1n) is 7.95. The molecule has 2 unspecified atom stereocenters. The third kappa shape index (κ3) is 4.11. The second kappa shape index (κ2) is 7.66. The van der Waals surface area contributed by atoms with E-state index in [2.05, 4.69) is 41.1 Å². The van der Waals surface area contributed by atoms with Gasteiger partial charge in [0.15, 0.2) is 0 Å². The lowest BCUT2D eigenvalue weighted by molar-refractivity contribution is 0.179. The van der Waals surface area contributed by atoms with Gasteiger partial charge in [-0.3, -0.25) is 4.90 Å². The number of nitrogens with zero attached hydrogens (tertiary/aromatic N) is 2. The second-order valence-electron chi connectivity index (χ2n) is 5.97. The van der Waals surface area contributed by atoms with Crippen LogP contribution in [0.15, 0.2) is 24.3 Å². The van der Waals surface area contributed by atoms with Crippen LogP contribution in [0.25, 0.3) is 0 Å². The predicted molar refractivity (Wildman–Crippen MR) is 89.4 cm³/mol. The molecule has 1 N–H and O–H groups in total. The van der Waals surface area contributed by atoms with Crippen LogP contribution < -0.4 is 15.0 Å². The summed E-state index contributed by atoms with van der Waals surface area (Å²) in [5.74, 6) is 0.975. The highest BCUT2D eigenvalue weighted by Crippen LogP contribution is 2.28. The molecule has 21 heavy (non-hydrogen) atoms. The molecule has 1 aliphatic heterocycles. The van der Waals surface area contributed by atoms with Crippen LogP contribution in [-0.4, -0.2) is 57.3 Å². The number of hydrogen-bond acceptors (Lipinski definition) is 4. The highest BCUT2D eigenvalue weighted by Gasteiger charge is 2.23. The standard InChI is InChI=1S/C17H29N3O/c1-14(18-3)13-15(2)19-9-11-20(12-10-19)16-7-5-6-8-17(16)21-4/h5-8,14-15,18H,9-13H2,1-4H3. The van der Waals surface area contributed by atoms with E-state index in [0.29, 0.717) is 12.1 Å². The number of piperazine rings is 1. The molecule has 1 aliphatic rings. The summed E-state index contributed by atoms with van der Waals surface area (Å²) in [7, 11) is 3.79. The molecular formula is C17H29N3O. The van der Waals surface area contributed by atoms with Crippen LogP contribution in [-0.2, 0) is 0 Å². The number of hydrogen-bond donors (Lipinski definition) is 1. The van der Waals surface area contributed by atoms with Crippen molar-refractivity contribution in [3.05, 3.63) is 24.3 Å². The van der Waals surface area contributed by atoms with Gasteiger partial charge in [0.2, 0.25) is 0 Å². The average Bonchev–Trinajstić information content (AvgIpc) is 2.54. The van der Waals surface area contributed by atoms with Gasteiger partial charge < -0.3 is 15.0 Å². The fourth-order valence-electron chi connectivity index (χ4n) is 3.07. The molecule has 2 atom stereocenters. The molecule has 118 valence electrons. The Morgan fingerprint density at radius 1 is 1.14 bits per heavy atom. The van der Waals surface area contributed by atoms with Crippen molar-refractivity contribution in [1.82, 2.24) is 10.2 Å². The minimum atomic E-state index is 0.576. The third-order valence-corrected chi connectivity index (χ3v) is 4.55. The smallest absolute Gasteiger partial charge is 0.142 e. The molecule has 0 amide bonds. The van der Waals surface area contributed by atoms with Gasteiger partial charge in [-0.15, -0.1) is 0 Å². The van der Waals surface area contributed by atoms with Gasteiger partial charge in [-0.05, 0) is 39.4 Å². The molecule has 0 radical (unpaired) electrons. The Hall–Kier alpha value is -1.26. The normalized spacial score (nSPS) is 19.3. The summed E-state index contributed by atoms with van der Waals surface area (Å²) in [6, 6.07) is 9.51. The largest absolute Gasteiger partial charge is 0.495 e. The molecule has 2 rings (SSSR count). The van der Waals surface area contributed by atoms with Gasteiger partial charge in [0, 0.05) is 38.3 Å². The molecule has 1 aromatic rings. The quantitative estimate of drug-likeness (QED) is 0.869. The summed E-state index contributed by atoms with van der Waals surface area (Å²) in [5.41, 5.74) is 1.22. The number of nitrogens with one attached hydrogen (secondary N) is 1. The molecule has 1 saturated heterocycles. The van der Waals surface area contributed by atoms with Crippen LogP contribution >= 0.6 is 0 Å². The Balaban J connectivity index is 1.91. The minimum Gasteiger partial charge on any atom is -0.495 e. The Morgan fingerprint density at radius 2 is 1.81 bits per heavy atom. The van der Waals surface area contributed by atoms with Crippen LogP contribution in [0, 0.1) is 0 Å². The maximum absolute atomic E-state index is 5.48. The average molecular weight is 291 g/mol. The van der Waals surface area contributed by atoms with E-state index in [1.54, 1.807) is 7.11 Å². The number of para-hydroxylation sites is 2. The lowest BCUT2D eigenvalue weighted by Crippen LogP contribution is -2.50. The van der Waals surface area contributed by atoms with Crippen molar-refractivity contribution in [2.45, 2.75) is 32.4 Å². The lowest BCUT2D eigenvalue weighted by atomic mass is 10.1. The number of anilines is 1. The molecule has 1 heterocycles.